The molecule has 0 saturated heterocycles. The number of hydrogen-bond donors (Lipinski definition) is 1. The zero-order chi connectivity index (χ0) is 14.1. The number of aromatic nitrogens is 2. The minimum Gasteiger partial charge on any atom is -0.493 e. The van der Waals surface area contributed by atoms with Gasteiger partial charge in [0.15, 0.2) is 11.5 Å². The Balaban J connectivity index is 2.12. The summed E-state index contributed by atoms with van der Waals surface area (Å²) in [4.78, 5) is 7.91. The van der Waals surface area contributed by atoms with Gasteiger partial charge in [-0.1, -0.05) is 12.1 Å². The first-order chi connectivity index (χ1) is 9.71. The minimum atomic E-state index is 0.681. The second kappa shape index (κ2) is 5.32. The van der Waals surface area contributed by atoms with E-state index < -0.39 is 0 Å². The Hall–Kier alpha value is -1.76. The van der Waals surface area contributed by atoms with Crippen LogP contribution in [0.3, 0.4) is 0 Å². The van der Waals surface area contributed by atoms with E-state index in [2.05, 4.69) is 44.7 Å². The van der Waals surface area contributed by atoms with Crippen molar-refractivity contribution in [2.24, 2.45) is 0 Å². The molecule has 0 aliphatic rings. The summed E-state index contributed by atoms with van der Waals surface area (Å²) in [6.07, 6.45) is 0. The molecular weight excluding hydrogens is 367 g/mol. The highest BCUT2D eigenvalue weighted by Crippen LogP contribution is 2.32. The van der Waals surface area contributed by atoms with Gasteiger partial charge in [0.25, 0.3) is 0 Å². The Kier molecular flexibility index (Phi) is 3.52. The maximum absolute atomic E-state index is 5.30. The predicted octanol–water partition coefficient (Wildman–Crippen LogP) is 3.85. The van der Waals surface area contributed by atoms with Crippen molar-refractivity contribution in [3.05, 3.63) is 40.0 Å². The van der Waals surface area contributed by atoms with E-state index in [1.54, 1.807) is 14.2 Å². The maximum atomic E-state index is 5.30. The average molecular weight is 380 g/mol. The standard InChI is InChI=1S/C15H13IN2O2/c1-19-13-7-11-12(8-14(13)20-2)18-15(17-11)9-3-5-10(16)6-4-9/h3-8H,1-2H3,(H,17,18). The molecule has 1 heterocycles. The summed E-state index contributed by atoms with van der Waals surface area (Å²) in [7, 11) is 3.25. The third kappa shape index (κ3) is 2.33. The molecular formula is C15H13IN2O2. The summed E-state index contributed by atoms with van der Waals surface area (Å²) in [5.41, 5.74) is 2.84. The molecule has 0 aliphatic heterocycles. The number of nitrogens with zero attached hydrogens (tertiary/aromatic N) is 1. The number of nitrogens with one attached hydrogen (secondary N) is 1. The number of halogens is 1. The minimum absolute atomic E-state index is 0.681. The van der Waals surface area contributed by atoms with E-state index in [0.29, 0.717) is 11.5 Å². The lowest BCUT2D eigenvalue weighted by Gasteiger charge is -2.06. The largest absolute Gasteiger partial charge is 0.493 e. The van der Waals surface area contributed by atoms with Crippen LogP contribution in [0.2, 0.25) is 0 Å². The van der Waals surface area contributed by atoms with E-state index in [-0.39, 0.29) is 0 Å². The third-order valence-corrected chi connectivity index (χ3v) is 3.82. The van der Waals surface area contributed by atoms with Crippen LogP contribution >= 0.6 is 22.6 Å². The van der Waals surface area contributed by atoms with Crippen LogP contribution in [0.5, 0.6) is 11.5 Å². The van der Waals surface area contributed by atoms with Gasteiger partial charge in [0.2, 0.25) is 0 Å². The zero-order valence-electron chi connectivity index (χ0n) is 11.1. The second-order valence-electron chi connectivity index (χ2n) is 4.32. The maximum Gasteiger partial charge on any atom is 0.163 e. The monoisotopic (exact) mass is 380 g/mol. The number of H-pyrrole nitrogens is 1. The van der Waals surface area contributed by atoms with E-state index in [1.807, 2.05) is 24.3 Å². The van der Waals surface area contributed by atoms with Crippen LogP contribution in [-0.2, 0) is 0 Å². The van der Waals surface area contributed by atoms with Crippen LogP contribution in [0.4, 0.5) is 0 Å². The Labute approximate surface area is 130 Å². The lowest BCUT2D eigenvalue weighted by atomic mass is 10.2. The summed E-state index contributed by atoms with van der Waals surface area (Å²) in [6.45, 7) is 0. The third-order valence-electron chi connectivity index (χ3n) is 3.10. The van der Waals surface area contributed by atoms with Crippen molar-refractivity contribution in [3.63, 3.8) is 0 Å². The normalized spacial score (nSPS) is 10.8. The molecule has 4 nitrogen and oxygen atoms in total. The van der Waals surface area contributed by atoms with Crippen LogP contribution in [-0.4, -0.2) is 24.2 Å². The Morgan fingerprint density at radius 1 is 1.00 bits per heavy atom. The van der Waals surface area contributed by atoms with Gasteiger partial charge in [0.05, 0.1) is 25.3 Å². The van der Waals surface area contributed by atoms with Crippen molar-refractivity contribution in [2.45, 2.75) is 0 Å². The van der Waals surface area contributed by atoms with Crippen molar-refractivity contribution in [1.82, 2.24) is 9.97 Å². The molecule has 0 unspecified atom stereocenters. The van der Waals surface area contributed by atoms with Crippen molar-refractivity contribution in [2.75, 3.05) is 14.2 Å². The Morgan fingerprint density at radius 3 is 2.30 bits per heavy atom. The second-order valence-corrected chi connectivity index (χ2v) is 5.56. The van der Waals surface area contributed by atoms with Crippen LogP contribution in [0.15, 0.2) is 36.4 Å². The van der Waals surface area contributed by atoms with Crippen LogP contribution in [0, 0.1) is 3.57 Å². The van der Waals surface area contributed by atoms with Gasteiger partial charge in [0, 0.05) is 21.3 Å². The molecule has 5 heteroatoms. The molecule has 0 saturated carbocycles. The summed E-state index contributed by atoms with van der Waals surface area (Å²) < 4.78 is 11.8. The Bertz CT molecular complexity index is 709. The summed E-state index contributed by atoms with van der Waals surface area (Å²) >= 11 is 2.29. The molecule has 1 N–H and O–H groups in total. The molecule has 3 aromatic rings. The first kappa shape index (κ1) is 13.2. The van der Waals surface area contributed by atoms with Gasteiger partial charge < -0.3 is 14.5 Å². The van der Waals surface area contributed by atoms with E-state index in [4.69, 9.17) is 9.47 Å². The van der Waals surface area contributed by atoms with Gasteiger partial charge in [0.1, 0.15) is 5.82 Å². The van der Waals surface area contributed by atoms with Crippen LogP contribution in [0.1, 0.15) is 0 Å². The number of rotatable bonds is 3. The van der Waals surface area contributed by atoms with Gasteiger partial charge in [-0.2, -0.15) is 0 Å². The molecule has 2 aromatic carbocycles. The number of ether oxygens (including phenoxy) is 2. The quantitative estimate of drug-likeness (QED) is 0.703. The summed E-state index contributed by atoms with van der Waals surface area (Å²) in [6, 6.07) is 12.0. The van der Waals surface area contributed by atoms with Crippen LogP contribution < -0.4 is 9.47 Å². The lowest BCUT2D eigenvalue weighted by molar-refractivity contribution is 0.356. The van der Waals surface area contributed by atoms with Gasteiger partial charge in [-0.05, 0) is 34.7 Å². The smallest absolute Gasteiger partial charge is 0.163 e. The van der Waals surface area contributed by atoms with E-state index in [0.717, 1.165) is 22.4 Å². The molecule has 0 bridgehead atoms. The highest BCUT2D eigenvalue weighted by Gasteiger charge is 2.10. The number of aromatic amines is 1. The molecule has 20 heavy (non-hydrogen) atoms. The first-order valence-electron chi connectivity index (χ1n) is 6.09. The number of benzene rings is 2. The number of imidazole rings is 1. The highest BCUT2D eigenvalue weighted by molar-refractivity contribution is 14.1. The van der Waals surface area contributed by atoms with E-state index in [9.17, 15) is 0 Å². The zero-order valence-corrected chi connectivity index (χ0v) is 13.3. The Morgan fingerprint density at radius 2 is 1.65 bits per heavy atom. The fourth-order valence-electron chi connectivity index (χ4n) is 2.08. The molecule has 1 aromatic heterocycles. The van der Waals surface area contributed by atoms with Gasteiger partial charge in [-0.15, -0.1) is 0 Å². The summed E-state index contributed by atoms with van der Waals surface area (Å²) in [5.74, 6) is 2.21. The van der Waals surface area contributed by atoms with Crippen molar-refractivity contribution in [1.29, 1.82) is 0 Å². The number of methoxy groups -OCH3 is 2. The molecule has 0 amide bonds. The summed E-state index contributed by atoms with van der Waals surface area (Å²) in [5, 5.41) is 0. The molecule has 0 spiro atoms. The van der Waals surface area contributed by atoms with E-state index in [1.165, 1.54) is 3.57 Å². The van der Waals surface area contributed by atoms with Crippen molar-refractivity contribution in [3.8, 4) is 22.9 Å². The predicted molar refractivity (Wildman–Crippen MR) is 87.4 cm³/mol. The van der Waals surface area contributed by atoms with Gasteiger partial charge >= 0.3 is 0 Å². The number of fused-ring (bicyclic) bond motifs is 1. The molecule has 3 rings (SSSR count). The first-order valence-corrected chi connectivity index (χ1v) is 7.17. The van der Waals surface area contributed by atoms with Gasteiger partial charge in [-0.3, -0.25) is 0 Å². The fraction of sp³-hybridized carbons (Fsp3) is 0.133. The molecule has 0 fully saturated rings. The molecule has 0 atom stereocenters. The average Bonchev–Trinajstić information content (AvgIpc) is 2.89. The van der Waals surface area contributed by atoms with Crippen LogP contribution in [0.25, 0.3) is 22.4 Å². The molecule has 0 radical (unpaired) electrons. The number of hydrogen-bond acceptors (Lipinski definition) is 3. The van der Waals surface area contributed by atoms with E-state index >= 15 is 0 Å². The fourth-order valence-corrected chi connectivity index (χ4v) is 2.44. The molecule has 102 valence electrons. The molecule has 0 aliphatic carbocycles. The SMILES string of the molecule is COc1cc2nc(-c3ccc(I)cc3)[nH]c2cc1OC. The topological polar surface area (TPSA) is 47.1 Å². The lowest BCUT2D eigenvalue weighted by Crippen LogP contribution is -1.89. The van der Waals surface area contributed by atoms with Gasteiger partial charge in [-0.25, -0.2) is 4.98 Å². The van der Waals surface area contributed by atoms with Crippen molar-refractivity contribution >= 4 is 33.6 Å². The van der Waals surface area contributed by atoms with Crippen molar-refractivity contribution < 1.29 is 9.47 Å². The highest BCUT2D eigenvalue weighted by atomic mass is 127.